The van der Waals surface area contributed by atoms with Gasteiger partial charge >= 0.3 is 5.97 Å². The smallest absolute Gasteiger partial charge is 0.303 e. The van der Waals surface area contributed by atoms with Crippen LogP contribution in [-0.2, 0) is 4.79 Å². The summed E-state index contributed by atoms with van der Waals surface area (Å²) in [6.45, 7) is 3.63. The molecule has 1 N–H and O–H groups in total. The number of rotatable bonds is 4. The van der Waals surface area contributed by atoms with Gasteiger partial charge in [0.1, 0.15) is 5.82 Å². The molecule has 0 aromatic heterocycles. The van der Waals surface area contributed by atoms with Crippen molar-refractivity contribution >= 4 is 21.9 Å². The van der Waals surface area contributed by atoms with Gasteiger partial charge in [-0.05, 0) is 30.5 Å². The lowest BCUT2D eigenvalue weighted by atomic mass is 9.92. The summed E-state index contributed by atoms with van der Waals surface area (Å²) in [4.78, 5) is 12.8. The van der Waals surface area contributed by atoms with E-state index in [1.54, 1.807) is 6.07 Å². The Labute approximate surface area is 114 Å². The lowest BCUT2D eigenvalue weighted by Gasteiger charge is -2.43. The first kappa shape index (κ1) is 13.5. The molecule has 2 rings (SSSR count). The van der Waals surface area contributed by atoms with E-state index in [-0.39, 0.29) is 24.2 Å². The molecule has 18 heavy (non-hydrogen) atoms. The molecule has 1 aliphatic rings. The number of nitrogens with zero attached hydrogens (tertiary/aromatic N) is 1. The van der Waals surface area contributed by atoms with Crippen molar-refractivity contribution in [3.8, 4) is 0 Å². The van der Waals surface area contributed by atoms with Gasteiger partial charge in [0, 0.05) is 23.6 Å². The van der Waals surface area contributed by atoms with Gasteiger partial charge in [-0.3, -0.25) is 9.69 Å². The fourth-order valence-electron chi connectivity index (χ4n) is 2.34. The van der Waals surface area contributed by atoms with E-state index in [9.17, 15) is 9.18 Å². The van der Waals surface area contributed by atoms with Crippen molar-refractivity contribution in [3.05, 3.63) is 34.1 Å². The van der Waals surface area contributed by atoms with Crippen molar-refractivity contribution in [1.29, 1.82) is 0 Å². The van der Waals surface area contributed by atoms with Gasteiger partial charge in [-0.25, -0.2) is 4.39 Å². The summed E-state index contributed by atoms with van der Waals surface area (Å²) in [6.07, 6.45) is 0.230. The van der Waals surface area contributed by atoms with Crippen LogP contribution in [0.1, 0.15) is 24.9 Å². The van der Waals surface area contributed by atoms with E-state index in [1.807, 2.05) is 0 Å². The van der Waals surface area contributed by atoms with Gasteiger partial charge in [0.2, 0.25) is 0 Å². The lowest BCUT2D eigenvalue weighted by molar-refractivity contribution is -0.139. The van der Waals surface area contributed by atoms with E-state index >= 15 is 0 Å². The zero-order chi connectivity index (χ0) is 13.3. The fraction of sp³-hybridized carbons (Fsp3) is 0.462. The van der Waals surface area contributed by atoms with Gasteiger partial charge < -0.3 is 5.11 Å². The molecule has 0 spiro atoms. The minimum atomic E-state index is -0.740. The molecular weight excluding hydrogens is 301 g/mol. The van der Waals surface area contributed by atoms with Crippen LogP contribution in [-0.4, -0.2) is 29.1 Å². The van der Waals surface area contributed by atoms with Crippen molar-refractivity contribution in [2.24, 2.45) is 5.92 Å². The topological polar surface area (TPSA) is 40.5 Å². The van der Waals surface area contributed by atoms with Gasteiger partial charge in [-0.15, -0.1) is 0 Å². The first-order chi connectivity index (χ1) is 8.47. The molecule has 1 fully saturated rings. The van der Waals surface area contributed by atoms with Crippen LogP contribution in [0.2, 0.25) is 0 Å². The van der Waals surface area contributed by atoms with Gasteiger partial charge in [0.05, 0.1) is 6.42 Å². The number of aliphatic carboxylic acids is 1. The molecule has 1 atom stereocenters. The van der Waals surface area contributed by atoms with Gasteiger partial charge in [-0.1, -0.05) is 22.0 Å². The second kappa shape index (κ2) is 5.36. The van der Waals surface area contributed by atoms with Crippen molar-refractivity contribution in [1.82, 2.24) is 4.90 Å². The normalized spacial score (nSPS) is 18.4. The molecule has 0 aliphatic carbocycles. The lowest BCUT2D eigenvalue weighted by Crippen LogP contribution is -2.48. The van der Waals surface area contributed by atoms with Crippen molar-refractivity contribution in [3.63, 3.8) is 0 Å². The summed E-state index contributed by atoms with van der Waals surface area (Å²) < 4.78 is 13.8. The van der Waals surface area contributed by atoms with Crippen LogP contribution in [0.25, 0.3) is 0 Å². The molecule has 1 aromatic rings. The Morgan fingerprint density at radius 2 is 2.28 bits per heavy atom. The highest BCUT2D eigenvalue weighted by molar-refractivity contribution is 9.10. The SMILES string of the molecule is CC(c1ccc(F)cc1Br)N1CC(CC(=O)O)C1. The summed E-state index contributed by atoms with van der Waals surface area (Å²) in [5.74, 6) is -0.760. The third kappa shape index (κ3) is 2.90. The summed E-state index contributed by atoms with van der Waals surface area (Å²) in [5, 5.41) is 8.70. The van der Waals surface area contributed by atoms with Crippen LogP contribution in [0.4, 0.5) is 4.39 Å². The average Bonchev–Trinajstić information content (AvgIpc) is 2.21. The maximum absolute atomic E-state index is 13.0. The minimum Gasteiger partial charge on any atom is -0.481 e. The van der Waals surface area contributed by atoms with Crippen molar-refractivity contribution in [2.45, 2.75) is 19.4 Å². The van der Waals surface area contributed by atoms with Gasteiger partial charge in [0.25, 0.3) is 0 Å². The van der Waals surface area contributed by atoms with Crippen LogP contribution in [0, 0.1) is 11.7 Å². The molecule has 1 aromatic carbocycles. The Bertz CT molecular complexity index is 460. The first-order valence-corrected chi connectivity index (χ1v) is 6.67. The monoisotopic (exact) mass is 315 g/mol. The summed E-state index contributed by atoms with van der Waals surface area (Å²) in [7, 11) is 0. The third-order valence-electron chi connectivity index (χ3n) is 3.41. The van der Waals surface area contributed by atoms with E-state index in [0.717, 1.165) is 23.1 Å². The van der Waals surface area contributed by atoms with E-state index < -0.39 is 5.97 Å². The number of hydrogen-bond donors (Lipinski definition) is 1. The van der Waals surface area contributed by atoms with Crippen LogP contribution >= 0.6 is 15.9 Å². The Morgan fingerprint density at radius 3 is 2.83 bits per heavy atom. The highest BCUT2D eigenvalue weighted by Gasteiger charge is 2.32. The van der Waals surface area contributed by atoms with Gasteiger partial charge in [-0.2, -0.15) is 0 Å². The molecule has 0 amide bonds. The largest absolute Gasteiger partial charge is 0.481 e. The summed E-state index contributed by atoms with van der Waals surface area (Å²) in [5.41, 5.74) is 1.03. The predicted molar refractivity (Wildman–Crippen MR) is 69.8 cm³/mol. The van der Waals surface area contributed by atoms with Crippen molar-refractivity contribution < 1.29 is 14.3 Å². The predicted octanol–water partition coefficient (Wildman–Crippen LogP) is 3.06. The van der Waals surface area contributed by atoms with Crippen LogP contribution in [0.5, 0.6) is 0 Å². The highest BCUT2D eigenvalue weighted by Crippen LogP contribution is 2.33. The molecule has 5 heteroatoms. The molecule has 1 heterocycles. The molecule has 0 bridgehead atoms. The standard InChI is InChI=1S/C13H15BrFNO2/c1-8(11-3-2-10(15)5-12(11)14)16-6-9(7-16)4-13(17)18/h2-3,5,8-9H,4,6-7H2,1H3,(H,17,18). The molecule has 1 saturated heterocycles. The summed E-state index contributed by atoms with van der Waals surface area (Å²) in [6, 6.07) is 4.85. The average molecular weight is 316 g/mol. The number of likely N-dealkylation sites (tertiary alicyclic amines) is 1. The highest BCUT2D eigenvalue weighted by atomic mass is 79.9. The maximum Gasteiger partial charge on any atom is 0.303 e. The number of benzene rings is 1. The molecule has 98 valence electrons. The maximum atomic E-state index is 13.0. The van der Waals surface area contributed by atoms with E-state index in [4.69, 9.17) is 5.11 Å². The van der Waals surface area contributed by atoms with Crippen LogP contribution < -0.4 is 0 Å². The Balaban J connectivity index is 1.97. The number of halogens is 2. The zero-order valence-corrected chi connectivity index (χ0v) is 11.7. The molecule has 1 aliphatic heterocycles. The fourth-order valence-corrected chi connectivity index (χ4v) is 3.02. The molecule has 3 nitrogen and oxygen atoms in total. The second-order valence-corrected chi connectivity index (χ2v) is 5.61. The second-order valence-electron chi connectivity index (χ2n) is 4.76. The molecule has 0 radical (unpaired) electrons. The number of carbonyl (C=O) groups is 1. The molecule has 1 unspecified atom stereocenters. The van der Waals surface area contributed by atoms with Crippen LogP contribution in [0.15, 0.2) is 22.7 Å². The zero-order valence-electron chi connectivity index (χ0n) is 10.1. The third-order valence-corrected chi connectivity index (χ3v) is 4.10. The Kier molecular flexibility index (Phi) is 4.02. The first-order valence-electron chi connectivity index (χ1n) is 5.88. The number of carboxylic acids is 1. The summed E-state index contributed by atoms with van der Waals surface area (Å²) >= 11 is 3.36. The van der Waals surface area contributed by atoms with E-state index in [1.165, 1.54) is 12.1 Å². The molecular formula is C13H15BrFNO2. The van der Waals surface area contributed by atoms with Crippen LogP contribution in [0.3, 0.4) is 0 Å². The minimum absolute atomic E-state index is 0.171. The van der Waals surface area contributed by atoms with E-state index in [2.05, 4.69) is 27.8 Å². The van der Waals surface area contributed by atoms with Gasteiger partial charge in [0.15, 0.2) is 0 Å². The number of carboxylic acid groups (broad SMARTS) is 1. The van der Waals surface area contributed by atoms with Crippen molar-refractivity contribution in [2.75, 3.05) is 13.1 Å². The Morgan fingerprint density at radius 1 is 1.61 bits per heavy atom. The Hall–Kier alpha value is -0.940. The quantitative estimate of drug-likeness (QED) is 0.928. The molecule has 0 saturated carbocycles. The van der Waals surface area contributed by atoms with E-state index in [0.29, 0.717) is 0 Å². The number of hydrogen-bond acceptors (Lipinski definition) is 2.